The molecule has 3 N–H and O–H groups in total. The summed E-state index contributed by atoms with van der Waals surface area (Å²) in [6, 6.07) is 19.0. The molecule has 0 aromatic heterocycles. The van der Waals surface area contributed by atoms with Crippen molar-refractivity contribution in [2.24, 2.45) is 0 Å². The Morgan fingerprint density at radius 2 is 1.62 bits per heavy atom. The first-order valence-electron chi connectivity index (χ1n) is 7.82. The topological polar surface area (TPSA) is 64.7 Å². The number of nitrogens with two attached hydrogens (primary N) is 1. The number of phenolic OH excluding ortho intramolecular Hbond substituents is 1. The molecule has 1 unspecified atom stereocenters. The predicted octanol–water partition coefficient (Wildman–Crippen LogP) is 3.90. The molecule has 0 saturated heterocycles. The molecule has 0 saturated carbocycles. The average Bonchev–Trinajstić information content (AvgIpc) is 2.95. The lowest BCUT2D eigenvalue weighted by Crippen LogP contribution is -2.32. The smallest absolute Gasteiger partial charge is 0.151 e. The second kappa shape index (κ2) is 4.52. The molecule has 1 atom stereocenters. The van der Waals surface area contributed by atoms with Gasteiger partial charge >= 0.3 is 0 Å². The van der Waals surface area contributed by atoms with Gasteiger partial charge in [-0.1, -0.05) is 24.3 Å². The maximum atomic E-state index is 9.87. The fraction of sp³-hybridized carbons (Fsp3) is 0.100. The minimum Gasteiger partial charge on any atom is -0.508 e. The lowest BCUT2D eigenvalue weighted by molar-refractivity contribution is 0.0199. The van der Waals surface area contributed by atoms with Crippen LogP contribution < -0.4 is 10.5 Å². The second-order valence-electron chi connectivity index (χ2n) is 6.17. The highest BCUT2D eigenvalue weighted by molar-refractivity contribution is 5.66. The first kappa shape index (κ1) is 13.5. The minimum atomic E-state index is -0.735. The molecule has 24 heavy (non-hydrogen) atoms. The third kappa shape index (κ3) is 1.61. The van der Waals surface area contributed by atoms with Crippen LogP contribution in [0.2, 0.25) is 0 Å². The van der Waals surface area contributed by atoms with Crippen molar-refractivity contribution in [2.75, 3.05) is 5.73 Å². The number of anilines is 1. The number of nitrogen functional groups attached to an aromatic ring is 1. The van der Waals surface area contributed by atoms with Crippen LogP contribution in [0.1, 0.15) is 22.3 Å². The van der Waals surface area contributed by atoms with Crippen LogP contribution in [0.3, 0.4) is 0 Å². The van der Waals surface area contributed by atoms with Gasteiger partial charge in [-0.2, -0.15) is 0 Å². The summed E-state index contributed by atoms with van der Waals surface area (Å²) in [6.45, 7) is 0.528. The minimum absolute atomic E-state index is 0.155. The fourth-order valence-electron chi connectivity index (χ4n) is 3.76. The number of fused-ring (bicyclic) bond motifs is 6. The van der Waals surface area contributed by atoms with Crippen LogP contribution in [0.4, 0.5) is 5.69 Å². The molecule has 0 aliphatic carbocycles. The van der Waals surface area contributed by atoms with Crippen LogP contribution in [0.25, 0.3) is 0 Å². The van der Waals surface area contributed by atoms with Crippen molar-refractivity contribution in [3.05, 3.63) is 82.9 Å². The van der Waals surface area contributed by atoms with Crippen LogP contribution in [0.5, 0.6) is 17.2 Å². The Morgan fingerprint density at radius 1 is 0.875 bits per heavy atom. The summed E-state index contributed by atoms with van der Waals surface area (Å²) in [5, 5.41) is 9.87. The number of rotatable bonds is 0. The first-order chi connectivity index (χ1) is 11.7. The number of aromatic hydroxyl groups is 1. The second-order valence-corrected chi connectivity index (χ2v) is 6.17. The Labute approximate surface area is 139 Å². The van der Waals surface area contributed by atoms with E-state index in [1.165, 1.54) is 0 Å². The molecule has 3 aromatic carbocycles. The normalized spacial score (nSPS) is 20.2. The lowest BCUT2D eigenvalue weighted by Gasteiger charge is -2.37. The molecule has 0 bridgehead atoms. The van der Waals surface area contributed by atoms with Gasteiger partial charge in [0.2, 0.25) is 0 Å². The van der Waals surface area contributed by atoms with Gasteiger partial charge in [-0.05, 0) is 35.4 Å². The zero-order valence-electron chi connectivity index (χ0n) is 12.8. The SMILES string of the molecule is Nc1ccc2c(c1)Oc1cc(O)ccc1C21OCc2ccccc21. The van der Waals surface area contributed by atoms with E-state index in [0.717, 1.165) is 22.3 Å². The maximum absolute atomic E-state index is 9.87. The van der Waals surface area contributed by atoms with E-state index in [9.17, 15) is 5.11 Å². The van der Waals surface area contributed by atoms with E-state index in [-0.39, 0.29) is 5.75 Å². The fourth-order valence-corrected chi connectivity index (χ4v) is 3.76. The molecule has 2 heterocycles. The van der Waals surface area contributed by atoms with E-state index in [4.69, 9.17) is 15.2 Å². The van der Waals surface area contributed by atoms with Gasteiger partial charge in [-0.15, -0.1) is 0 Å². The Balaban J connectivity index is 1.88. The summed E-state index contributed by atoms with van der Waals surface area (Å²) in [7, 11) is 0. The third-order valence-electron chi connectivity index (χ3n) is 4.79. The van der Waals surface area contributed by atoms with Crippen molar-refractivity contribution >= 4 is 5.69 Å². The van der Waals surface area contributed by atoms with Gasteiger partial charge < -0.3 is 20.3 Å². The number of ether oxygens (including phenoxy) is 2. The molecule has 4 nitrogen and oxygen atoms in total. The summed E-state index contributed by atoms with van der Waals surface area (Å²) < 4.78 is 12.4. The Morgan fingerprint density at radius 3 is 2.50 bits per heavy atom. The monoisotopic (exact) mass is 317 g/mol. The highest BCUT2D eigenvalue weighted by Gasteiger charge is 2.49. The Kier molecular flexibility index (Phi) is 2.54. The molecule has 4 heteroatoms. The lowest BCUT2D eigenvalue weighted by atomic mass is 9.77. The van der Waals surface area contributed by atoms with Crippen molar-refractivity contribution in [2.45, 2.75) is 12.2 Å². The quantitative estimate of drug-likeness (QED) is 0.617. The number of hydrogen-bond acceptors (Lipinski definition) is 4. The summed E-state index contributed by atoms with van der Waals surface area (Å²) >= 11 is 0. The summed E-state index contributed by atoms with van der Waals surface area (Å²) in [5.74, 6) is 1.40. The van der Waals surface area contributed by atoms with Crippen LogP contribution in [-0.2, 0) is 16.9 Å². The molecule has 5 rings (SSSR count). The van der Waals surface area contributed by atoms with Crippen molar-refractivity contribution in [3.8, 4) is 17.2 Å². The largest absolute Gasteiger partial charge is 0.508 e. The van der Waals surface area contributed by atoms with Gasteiger partial charge in [0.15, 0.2) is 5.60 Å². The van der Waals surface area contributed by atoms with E-state index < -0.39 is 5.60 Å². The Bertz CT molecular complexity index is 929. The van der Waals surface area contributed by atoms with Gasteiger partial charge in [0.05, 0.1) is 6.61 Å². The number of hydrogen-bond donors (Lipinski definition) is 2. The zero-order chi connectivity index (χ0) is 16.3. The third-order valence-corrected chi connectivity index (χ3v) is 4.79. The summed E-state index contributed by atoms with van der Waals surface area (Å²) in [5.41, 5.74) is 9.91. The van der Waals surface area contributed by atoms with Crippen LogP contribution in [-0.4, -0.2) is 5.11 Å². The van der Waals surface area contributed by atoms with Crippen molar-refractivity contribution in [1.82, 2.24) is 0 Å². The average molecular weight is 317 g/mol. The van der Waals surface area contributed by atoms with Gasteiger partial charge in [0.25, 0.3) is 0 Å². The predicted molar refractivity (Wildman–Crippen MR) is 90.1 cm³/mol. The van der Waals surface area contributed by atoms with Crippen LogP contribution in [0.15, 0.2) is 60.7 Å². The molecule has 0 radical (unpaired) electrons. The molecule has 2 aliphatic heterocycles. The van der Waals surface area contributed by atoms with E-state index in [1.54, 1.807) is 18.2 Å². The van der Waals surface area contributed by atoms with Gasteiger partial charge in [0, 0.05) is 28.9 Å². The highest BCUT2D eigenvalue weighted by Crippen LogP contribution is 2.56. The summed E-state index contributed by atoms with van der Waals surface area (Å²) in [6.07, 6.45) is 0. The molecular weight excluding hydrogens is 302 g/mol. The molecule has 1 spiro atoms. The van der Waals surface area contributed by atoms with E-state index in [0.29, 0.717) is 23.8 Å². The number of phenols is 1. The first-order valence-corrected chi connectivity index (χ1v) is 7.82. The highest BCUT2D eigenvalue weighted by atomic mass is 16.5. The van der Waals surface area contributed by atoms with Crippen molar-refractivity contribution < 1.29 is 14.6 Å². The van der Waals surface area contributed by atoms with Crippen LogP contribution >= 0.6 is 0 Å². The Hall–Kier alpha value is -2.98. The molecule has 3 aromatic rings. The molecule has 0 fully saturated rings. The van der Waals surface area contributed by atoms with Gasteiger partial charge in [-0.3, -0.25) is 0 Å². The van der Waals surface area contributed by atoms with Crippen molar-refractivity contribution in [1.29, 1.82) is 0 Å². The van der Waals surface area contributed by atoms with E-state index >= 15 is 0 Å². The molecular formula is C20H15NO3. The standard InChI is InChI=1S/C20H15NO3/c21-13-5-7-16-18(9-13)24-19-10-14(22)6-8-17(19)20(16)15-4-2-1-3-12(15)11-23-20/h1-10,22H,11,21H2. The number of benzene rings is 3. The zero-order valence-corrected chi connectivity index (χ0v) is 12.8. The van der Waals surface area contributed by atoms with Crippen molar-refractivity contribution in [3.63, 3.8) is 0 Å². The van der Waals surface area contributed by atoms with Crippen LogP contribution in [0, 0.1) is 0 Å². The molecule has 118 valence electrons. The van der Waals surface area contributed by atoms with E-state index in [1.807, 2.05) is 30.3 Å². The van der Waals surface area contributed by atoms with E-state index in [2.05, 4.69) is 12.1 Å². The molecule has 2 aliphatic rings. The molecule has 0 amide bonds. The van der Waals surface area contributed by atoms with Gasteiger partial charge in [-0.25, -0.2) is 0 Å². The maximum Gasteiger partial charge on any atom is 0.151 e. The summed E-state index contributed by atoms with van der Waals surface area (Å²) in [4.78, 5) is 0. The van der Waals surface area contributed by atoms with Gasteiger partial charge in [0.1, 0.15) is 17.2 Å².